The Morgan fingerprint density at radius 1 is 1.19 bits per heavy atom. The summed E-state index contributed by atoms with van der Waals surface area (Å²) < 4.78 is 0. The van der Waals surface area contributed by atoms with Gasteiger partial charge in [0.2, 0.25) is 0 Å². The Balaban J connectivity index is 0. The number of hydrogen-bond acceptors (Lipinski definition) is 2. The molecule has 0 amide bonds. The van der Waals surface area contributed by atoms with Gasteiger partial charge in [0, 0.05) is 5.02 Å². The molecule has 0 N–H and O–H groups in total. The topological polar surface area (TPSA) is 26.3 Å². The van der Waals surface area contributed by atoms with Gasteiger partial charge in [0.25, 0.3) is 0 Å². The minimum Gasteiger partial charge on any atom is -1.00 e. The number of hydrogen-bond donors (Lipinski definition) is 0. The Morgan fingerprint density at radius 3 is 1.88 bits per heavy atom. The Hall–Kier alpha value is 0.676. The van der Waals surface area contributed by atoms with E-state index in [1.54, 1.807) is 19.0 Å². The van der Waals surface area contributed by atoms with Crippen LogP contribution in [0.4, 0.5) is 0 Å². The van der Waals surface area contributed by atoms with Crippen LogP contribution in [0, 0.1) is 13.8 Å². The Kier molecular flexibility index (Phi) is 9.39. The third-order valence-electron chi connectivity index (χ3n) is 2.27. The molecular formula is C11H15BrClMgNO. The normalized spacial score (nSPS) is 11.7. The van der Waals surface area contributed by atoms with Gasteiger partial charge in [-0.05, 0) is 63.0 Å². The Morgan fingerprint density at radius 2 is 1.56 bits per heavy atom. The van der Waals surface area contributed by atoms with Gasteiger partial charge >= 0.3 is 23.1 Å². The maximum absolute atomic E-state index is 11.9. The second kappa shape index (κ2) is 7.90. The molecule has 0 fully saturated rings. The number of rotatable bonds is 2. The van der Waals surface area contributed by atoms with Crippen molar-refractivity contribution in [2.75, 3.05) is 14.1 Å². The van der Waals surface area contributed by atoms with Crippen LogP contribution in [0.15, 0.2) is 12.1 Å². The second-order valence-corrected chi connectivity index (χ2v) is 4.21. The van der Waals surface area contributed by atoms with E-state index in [9.17, 15) is 5.11 Å². The summed E-state index contributed by atoms with van der Waals surface area (Å²) in [6, 6.07) is 3.66. The van der Waals surface area contributed by atoms with Crippen molar-refractivity contribution in [2.24, 2.45) is 0 Å². The molecule has 1 atom stereocenters. The Labute approximate surface area is 129 Å². The van der Waals surface area contributed by atoms with Crippen molar-refractivity contribution in [3.8, 4) is 0 Å². The molecule has 2 nitrogen and oxygen atoms in total. The van der Waals surface area contributed by atoms with Crippen molar-refractivity contribution in [1.82, 2.24) is 4.90 Å². The molecule has 0 saturated carbocycles. The van der Waals surface area contributed by atoms with Gasteiger partial charge in [0.05, 0.1) is 0 Å². The summed E-state index contributed by atoms with van der Waals surface area (Å²) in [6.07, 6.45) is -0.813. The molecule has 0 aliphatic carbocycles. The summed E-state index contributed by atoms with van der Waals surface area (Å²) >= 11 is 5.89. The van der Waals surface area contributed by atoms with Gasteiger partial charge < -0.3 is 27.0 Å². The third kappa shape index (κ3) is 4.51. The third-order valence-corrected chi connectivity index (χ3v) is 2.49. The van der Waals surface area contributed by atoms with E-state index in [0.717, 1.165) is 16.7 Å². The zero-order chi connectivity index (χ0) is 10.9. The van der Waals surface area contributed by atoms with E-state index in [0.29, 0.717) is 5.02 Å². The van der Waals surface area contributed by atoms with Crippen molar-refractivity contribution in [3.63, 3.8) is 0 Å². The smallest absolute Gasteiger partial charge is 1.00 e. The van der Waals surface area contributed by atoms with E-state index >= 15 is 0 Å². The molecule has 1 aromatic carbocycles. The van der Waals surface area contributed by atoms with Crippen molar-refractivity contribution in [3.05, 3.63) is 33.8 Å². The number of aryl methyl sites for hydroxylation is 2. The summed E-state index contributed by atoms with van der Waals surface area (Å²) in [5, 5.41) is 12.6. The summed E-state index contributed by atoms with van der Waals surface area (Å²) in [5.41, 5.74) is 2.76. The quantitative estimate of drug-likeness (QED) is 0.490. The molecule has 1 rings (SSSR count). The van der Waals surface area contributed by atoms with Crippen LogP contribution in [0.25, 0.3) is 0 Å². The van der Waals surface area contributed by atoms with Crippen LogP contribution in [-0.4, -0.2) is 42.0 Å². The van der Waals surface area contributed by atoms with Crippen LogP contribution in [-0.2, 0) is 0 Å². The van der Waals surface area contributed by atoms with Gasteiger partial charge in [-0.25, -0.2) is 0 Å². The minimum atomic E-state index is -0.813. The SMILES string of the molecule is Cc1cc(Cl)cc(C)c1C([O-])N(C)C.[Br-].[Mg+2]. The van der Waals surface area contributed by atoms with Gasteiger partial charge in [-0.15, -0.1) is 0 Å². The first kappa shape index (κ1) is 19.0. The molecule has 1 unspecified atom stereocenters. The number of nitrogens with zero attached hydrogens (tertiary/aromatic N) is 1. The zero-order valence-electron chi connectivity index (χ0n) is 10.1. The molecule has 16 heavy (non-hydrogen) atoms. The van der Waals surface area contributed by atoms with Crippen molar-refractivity contribution in [2.45, 2.75) is 20.1 Å². The molecule has 0 aliphatic rings. The van der Waals surface area contributed by atoms with E-state index in [-0.39, 0.29) is 40.0 Å². The molecule has 86 valence electrons. The summed E-state index contributed by atoms with van der Waals surface area (Å²) in [7, 11) is 3.57. The Bertz CT molecular complexity index is 324. The summed E-state index contributed by atoms with van der Waals surface area (Å²) in [6.45, 7) is 3.84. The first-order chi connectivity index (χ1) is 6.43. The molecule has 0 aromatic heterocycles. The van der Waals surface area contributed by atoms with E-state index in [1.165, 1.54) is 0 Å². The average Bonchev–Trinajstić information content (AvgIpc) is 2.01. The van der Waals surface area contributed by atoms with E-state index in [4.69, 9.17) is 11.6 Å². The van der Waals surface area contributed by atoms with Gasteiger partial charge in [-0.2, -0.15) is 0 Å². The monoisotopic (exact) mass is 315 g/mol. The van der Waals surface area contributed by atoms with Gasteiger partial charge in [-0.1, -0.05) is 11.6 Å². The fourth-order valence-corrected chi connectivity index (χ4v) is 1.90. The predicted octanol–water partition coefficient (Wildman–Crippen LogP) is -1.50. The molecule has 0 spiro atoms. The van der Waals surface area contributed by atoms with E-state index in [1.807, 2.05) is 26.0 Å². The first-order valence-electron chi connectivity index (χ1n) is 4.52. The van der Waals surface area contributed by atoms with Gasteiger partial charge in [0.15, 0.2) is 0 Å². The van der Waals surface area contributed by atoms with Crippen molar-refractivity contribution in [1.29, 1.82) is 0 Å². The maximum Gasteiger partial charge on any atom is 2.00 e. The fourth-order valence-electron chi connectivity index (χ4n) is 1.57. The molecule has 0 saturated heterocycles. The van der Waals surface area contributed by atoms with Crippen LogP contribution in [0.2, 0.25) is 5.02 Å². The van der Waals surface area contributed by atoms with E-state index in [2.05, 4.69) is 0 Å². The average molecular weight is 317 g/mol. The predicted molar refractivity (Wildman–Crippen MR) is 63.1 cm³/mol. The van der Waals surface area contributed by atoms with E-state index < -0.39 is 6.23 Å². The summed E-state index contributed by atoms with van der Waals surface area (Å²) in [4.78, 5) is 1.66. The zero-order valence-corrected chi connectivity index (χ0v) is 13.8. The minimum absolute atomic E-state index is 0. The van der Waals surface area contributed by atoms with Crippen LogP contribution in [0.5, 0.6) is 0 Å². The maximum atomic E-state index is 11.9. The number of halogens is 2. The van der Waals surface area contributed by atoms with Gasteiger partial charge in [-0.3, -0.25) is 0 Å². The van der Waals surface area contributed by atoms with Crippen LogP contribution < -0.4 is 22.1 Å². The molecule has 1 aromatic rings. The molecule has 0 heterocycles. The fraction of sp³-hybridized carbons (Fsp3) is 0.455. The largest absolute Gasteiger partial charge is 2.00 e. The molecular weight excluding hydrogens is 302 g/mol. The van der Waals surface area contributed by atoms with Crippen LogP contribution in [0.1, 0.15) is 22.9 Å². The molecule has 0 aliphatic heterocycles. The standard InChI is InChI=1S/C11H15ClNO.BrH.Mg/c1-7-5-9(12)6-8(2)10(7)11(14)13(3)4;;/h5-6,11H,1-4H3;1H;/q-1;;+2/p-1. The molecule has 0 radical (unpaired) electrons. The molecule has 5 heteroatoms. The van der Waals surface area contributed by atoms with Crippen molar-refractivity contribution < 1.29 is 22.1 Å². The second-order valence-electron chi connectivity index (χ2n) is 3.77. The van der Waals surface area contributed by atoms with Crippen molar-refractivity contribution >= 4 is 34.7 Å². The van der Waals surface area contributed by atoms with Gasteiger partial charge in [0.1, 0.15) is 0 Å². The summed E-state index contributed by atoms with van der Waals surface area (Å²) in [5.74, 6) is 0. The first-order valence-corrected chi connectivity index (χ1v) is 4.90. The van der Waals surface area contributed by atoms with Crippen LogP contribution in [0.3, 0.4) is 0 Å². The molecule has 0 bridgehead atoms. The number of benzene rings is 1. The van der Waals surface area contributed by atoms with Crippen LogP contribution >= 0.6 is 11.6 Å².